The molecule has 1 fully saturated rings. The van der Waals surface area contributed by atoms with E-state index in [1.807, 2.05) is 52.0 Å². The summed E-state index contributed by atoms with van der Waals surface area (Å²) in [7, 11) is 0. The molecule has 8 heteroatoms. The minimum absolute atomic E-state index is 0.118. The maximum Gasteiger partial charge on any atom is 0.409 e. The summed E-state index contributed by atoms with van der Waals surface area (Å²) >= 11 is 3.43. The van der Waals surface area contributed by atoms with Crippen molar-refractivity contribution in [3.63, 3.8) is 0 Å². The van der Waals surface area contributed by atoms with Crippen molar-refractivity contribution in [1.29, 1.82) is 0 Å². The van der Waals surface area contributed by atoms with Crippen LogP contribution in [0.15, 0.2) is 33.2 Å². The van der Waals surface area contributed by atoms with Gasteiger partial charge < -0.3 is 18.8 Å². The topological polar surface area (TPSA) is 81.9 Å². The maximum absolute atomic E-state index is 12.7. The first-order chi connectivity index (χ1) is 16.6. The first kappa shape index (κ1) is 27.2. The molecule has 1 aromatic heterocycles. The van der Waals surface area contributed by atoms with Gasteiger partial charge in [-0.15, -0.1) is 0 Å². The fraction of sp³-hybridized carbons (Fsp3) is 0.593. The van der Waals surface area contributed by atoms with Crippen LogP contribution in [-0.4, -0.2) is 47.2 Å². The number of hydrogen-bond donors (Lipinski definition) is 0. The Kier molecular flexibility index (Phi) is 9.39. The molecule has 1 aliphatic rings. The van der Waals surface area contributed by atoms with Gasteiger partial charge in [-0.1, -0.05) is 29.3 Å². The summed E-state index contributed by atoms with van der Waals surface area (Å²) in [4.78, 5) is 31.7. The first-order valence-corrected chi connectivity index (χ1v) is 13.2. The third kappa shape index (κ3) is 7.82. The van der Waals surface area contributed by atoms with Crippen LogP contribution in [0.1, 0.15) is 64.8 Å². The Hall–Kier alpha value is -2.35. The minimum atomic E-state index is -0.491. The number of amides is 1. The molecule has 7 nitrogen and oxygen atoms in total. The summed E-state index contributed by atoms with van der Waals surface area (Å²) in [6, 6.07) is 7.77. The highest BCUT2D eigenvalue weighted by Gasteiger charge is 2.35. The molecule has 1 atom stereocenters. The van der Waals surface area contributed by atoms with Crippen molar-refractivity contribution >= 4 is 28.0 Å². The smallest absolute Gasteiger partial charge is 0.409 e. The van der Waals surface area contributed by atoms with Gasteiger partial charge in [0.2, 0.25) is 5.89 Å². The van der Waals surface area contributed by atoms with E-state index < -0.39 is 5.60 Å². The highest BCUT2D eigenvalue weighted by molar-refractivity contribution is 9.10. The van der Waals surface area contributed by atoms with Crippen LogP contribution in [0, 0.1) is 18.8 Å². The van der Waals surface area contributed by atoms with Gasteiger partial charge >= 0.3 is 12.1 Å². The number of aromatic nitrogens is 1. The average molecular weight is 550 g/mol. The van der Waals surface area contributed by atoms with E-state index in [9.17, 15) is 9.59 Å². The Labute approximate surface area is 216 Å². The molecule has 0 N–H and O–H groups in total. The van der Waals surface area contributed by atoms with Gasteiger partial charge in [0.05, 0.1) is 18.2 Å². The van der Waals surface area contributed by atoms with Gasteiger partial charge in [-0.2, -0.15) is 0 Å². The van der Waals surface area contributed by atoms with E-state index in [1.165, 1.54) is 0 Å². The maximum atomic E-state index is 12.7. The monoisotopic (exact) mass is 548 g/mol. The van der Waals surface area contributed by atoms with Gasteiger partial charge in [-0.25, -0.2) is 9.78 Å². The molecule has 1 aliphatic heterocycles. The summed E-state index contributed by atoms with van der Waals surface area (Å²) in [5.41, 5.74) is 1.19. The van der Waals surface area contributed by atoms with Crippen molar-refractivity contribution in [2.24, 2.45) is 11.8 Å². The highest BCUT2D eigenvalue weighted by atomic mass is 79.9. The Morgan fingerprint density at radius 3 is 2.46 bits per heavy atom. The van der Waals surface area contributed by atoms with Gasteiger partial charge in [0.25, 0.3) is 0 Å². The van der Waals surface area contributed by atoms with Crippen LogP contribution in [0.25, 0.3) is 11.5 Å². The van der Waals surface area contributed by atoms with Gasteiger partial charge in [0.1, 0.15) is 11.4 Å². The molecule has 192 valence electrons. The second-order valence-corrected chi connectivity index (χ2v) is 11.1. The summed E-state index contributed by atoms with van der Waals surface area (Å²) in [5.74, 6) is 1.27. The molecule has 1 saturated heterocycles. The number of likely N-dealkylation sites (tertiary alicyclic amines) is 1. The summed E-state index contributed by atoms with van der Waals surface area (Å²) in [6.45, 7) is 11.1. The highest BCUT2D eigenvalue weighted by Crippen LogP contribution is 2.31. The van der Waals surface area contributed by atoms with Crippen LogP contribution in [0.3, 0.4) is 0 Å². The summed E-state index contributed by atoms with van der Waals surface area (Å²) in [5, 5.41) is 0. The predicted octanol–water partition coefficient (Wildman–Crippen LogP) is 6.56. The fourth-order valence-corrected chi connectivity index (χ4v) is 4.69. The second kappa shape index (κ2) is 12.1. The quantitative estimate of drug-likeness (QED) is 0.347. The third-order valence-corrected chi connectivity index (χ3v) is 6.75. The zero-order valence-corrected chi connectivity index (χ0v) is 23.0. The second-order valence-electron chi connectivity index (χ2n) is 10.1. The molecule has 0 bridgehead atoms. The predicted molar refractivity (Wildman–Crippen MR) is 138 cm³/mol. The van der Waals surface area contributed by atoms with E-state index in [0.717, 1.165) is 47.2 Å². The third-order valence-electron chi connectivity index (χ3n) is 6.22. The van der Waals surface area contributed by atoms with Gasteiger partial charge in [0, 0.05) is 29.5 Å². The number of carbonyl (C=O) groups excluding carboxylic acids is 2. The molecule has 2 aromatic rings. The van der Waals surface area contributed by atoms with E-state index in [0.29, 0.717) is 25.4 Å². The summed E-state index contributed by atoms with van der Waals surface area (Å²) in [6.07, 6.45) is 3.46. The fourth-order valence-electron chi connectivity index (χ4n) is 4.42. The lowest BCUT2D eigenvalue weighted by Crippen LogP contribution is -2.42. The standard InChI is InChI=1S/C27H37BrN2O5/c1-6-7-22(25(31)35-27(3,4)5)19-12-15-30(16-13-19)26(32)33-17-14-23-18(2)34-24(29-23)20-8-10-21(28)11-9-20/h8-11,19,22H,6-7,12-17H2,1-5H3. The van der Waals surface area contributed by atoms with E-state index in [-0.39, 0.29) is 30.5 Å². The molecule has 35 heavy (non-hydrogen) atoms. The van der Waals surface area contributed by atoms with Crippen molar-refractivity contribution in [2.45, 2.75) is 72.3 Å². The van der Waals surface area contributed by atoms with Crippen molar-refractivity contribution in [3.05, 3.63) is 40.2 Å². The van der Waals surface area contributed by atoms with Crippen LogP contribution in [-0.2, 0) is 20.7 Å². The SMILES string of the molecule is CCCC(C(=O)OC(C)(C)C)C1CCN(C(=O)OCCc2nc(-c3ccc(Br)cc3)oc2C)CC1. The van der Waals surface area contributed by atoms with Crippen LogP contribution in [0.4, 0.5) is 4.79 Å². The number of esters is 1. The van der Waals surface area contributed by atoms with Crippen LogP contribution in [0.2, 0.25) is 0 Å². The largest absolute Gasteiger partial charge is 0.460 e. The van der Waals surface area contributed by atoms with E-state index in [4.69, 9.17) is 13.9 Å². The molecular weight excluding hydrogens is 512 g/mol. The normalized spacial score (nSPS) is 15.7. The van der Waals surface area contributed by atoms with Crippen LogP contribution >= 0.6 is 15.9 Å². The Morgan fingerprint density at radius 1 is 1.20 bits per heavy atom. The minimum Gasteiger partial charge on any atom is -0.460 e. The first-order valence-electron chi connectivity index (χ1n) is 12.4. The zero-order valence-electron chi connectivity index (χ0n) is 21.4. The van der Waals surface area contributed by atoms with Crippen molar-refractivity contribution in [3.8, 4) is 11.5 Å². The van der Waals surface area contributed by atoms with Gasteiger partial charge in [0.15, 0.2) is 0 Å². The number of hydrogen-bond acceptors (Lipinski definition) is 6. The molecule has 3 rings (SSSR count). The number of benzene rings is 1. The average Bonchev–Trinajstić information content (AvgIpc) is 3.17. The Bertz CT molecular complexity index is 988. The number of piperidine rings is 1. The molecule has 0 saturated carbocycles. The molecule has 1 unspecified atom stereocenters. The van der Waals surface area contributed by atoms with Crippen molar-refractivity contribution in [1.82, 2.24) is 9.88 Å². The number of halogens is 1. The molecule has 0 radical (unpaired) electrons. The summed E-state index contributed by atoms with van der Waals surface area (Å²) < 4.78 is 18.0. The number of ether oxygens (including phenoxy) is 2. The Morgan fingerprint density at radius 2 is 1.86 bits per heavy atom. The van der Waals surface area contributed by atoms with E-state index >= 15 is 0 Å². The zero-order chi connectivity index (χ0) is 25.6. The van der Waals surface area contributed by atoms with Crippen molar-refractivity contribution in [2.75, 3.05) is 19.7 Å². The van der Waals surface area contributed by atoms with E-state index in [1.54, 1.807) is 4.90 Å². The van der Waals surface area contributed by atoms with Crippen LogP contribution in [0.5, 0.6) is 0 Å². The molecule has 1 aromatic carbocycles. The lowest BCUT2D eigenvalue weighted by atomic mass is 9.81. The molecular formula is C27H37BrN2O5. The Balaban J connectivity index is 1.47. The van der Waals surface area contributed by atoms with Crippen molar-refractivity contribution < 1.29 is 23.5 Å². The van der Waals surface area contributed by atoms with Gasteiger partial charge in [-0.3, -0.25) is 4.79 Å². The lowest BCUT2D eigenvalue weighted by molar-refractivity contribution is -0.163. The van der Waals surface area contributed by atoms with Gasteiger partial charge in [-0.05, 0) is 77.1 Å². The number of rotatable bonds is 8. The number of carbonyl (C=O) groups is 2. The molecule has 0 spiro atoms. The number of nitrogens with zero attached hydrogens (tertiary/aromatic N) is 2. The molecule has 2 heterocycles. The number of aryl methyl sites for hydroxylation is 1. The lowest BCUT2D eigenvalue weighted by Gasteiger charge is -2.35. The molecule has 1 amide bonds. The van der Waals surface area contributed by atoms with Crippen LogP contribution < -0.4 is 0 Å². The van der Waals surface area contributed by atoms with E-state index in [2.05, 4.69) is 27.8 Å². The number of oxazole rings is 1. The molecule has 0 aliphatic carbocycles.